The minimum absolute atomic E-state index is 0.326. The first kappa shape index (κ1) is 15.4. The van der Waals surface area contributed by atoms with Crippen molar-refractivity contribution >= 4 is 27.0 Å². The first-order valence-corrected chi connectivity index (χ1v) is 8.18. The third-order valence-corrected chi connectivity index (χ3v) is 5.96. The van der Waals surface area contributed by atoms with E-state index in [2.05, 4.69) is 0 Å². The molecule has 1 rings (SSSR count). The van der Waals surface area contributed by atoms with Gasteiger partial charge in [-0.2, -0.15) is 4.31 Å². The van der Waals surface area contributed by atoms with E-state index in [0.717, 1.165) is 13.0 Å². The van der Waals surface area contributed by atoms with E-state index in [1.54, 1.807) is 5.38 Å². The van der Waals surface area contributed by atoms with Crippen LogP contribution in [0.4, 0.5) is 5.69 Å². The van der Waals surface area contributed by atoms with E-state index in [-0.39, 0.29) is 0 Å². The Hall–Kier alpha value is -0.630. The molecule has 1 aromatic rings. The maximum Gasteiger partial charge on any atom is 0.252 e. The molecule has 0 saturated carbocycles. The first-order valence-electron chi connectivity index (χ1n) is 5.86. The van der Waals surface area contributed by atoms with E-state index in [4.69, 9.17) is 5.73 Å². The highest BCUT2D eigenvalue weighted by Gasteiger charge is 2.24. The van der Waals surface area contributed by atoms with Crippen molar-refractivity contribution in [2.75, 3.05) is 39.5 Å². The molecule has 5 nitrogen and oxygen atoms in total. The second-order valence-corrected chi connectivity index (χ2v) is 7.43. The molecule has 104 valence electrons. The van der Waals surface area contributed by atoms with E-state index >= 15 is 0 Å². The minimum Gasteiger partial charge on any atom is -0.398 e. The topological polar surface area (TPSA) is 66.6 Å². The monoisotopic (exact) mass is 291 g/mol. The molecule has 2 N–H and O–H groups in total. The van der Waals surface area contributed by atoms with Gasteiger partial charge in [-0.1, -0.05) is 6.92 Å². The van der Waals surface area contributed by atoms with Gasteiger partial charge < -0.3 is 10.6 Å². The van der Waals surface area contributed by atoms with Gasteiger partial charge in [0, 0.05) is 24.2 Å². The van der Waals surface area contributed by atoms with Gasteiger partial charge in [0.05, 0.1) is 0 Å². The lowest BCUT2D eigenvalue weighted by atomic mass is 10.4. The number of hydrogen-bond donors (Lipinski definition) is 1. The van der Waals surface area contributed by atoms with Crippen LogP contribution in [0.1, 0.15) is 13.3 Å². The number of nitrogens with two attached hydrogens (primary N) is 1. The number of nitrogens with zero attached hydrogens (tertiary/aromatic N) is 2. The smallest absolute Gasteiger partial charge is 0.252 e. The quantitative estimate of drug-likeness (QED) is 0.822. The van der Waals surface area contributed by atoms with Crippen LogP contribution in [0.2, 0.25) is 0 Å². The molecule has 0 aliphatic carbocycles. The van der Waals surface area contributed by atoms with Gasteiger partial charge in [0.15, 0.2) is 0 Å². The Balaban J connectivity index is 2.74. The van der Waals surface area contributed by atoms with Crippen LogP contribution in [0.25, 0.3) is 0 Å². The predicted octanol–water partition coefficient (Wildman–Crippen LogP) is 1.29. The summed E-state index contributed by atoms with van der Waals surface area (Å²) in [4.78, 5) is 2.05. The van der Waals surface area contributed by atoms with E-state index in [9.17, 15) is 8.42 Å². The Kier molecular flexibility index (Phi) is 5.58. The number of anilines is 1. The summed E-state index contributed by atoms with van der Waals surface area (Å²) < 4.78 is 26.5. The van der Waals surface area contributed by atoms with Crippen molar-refractivity contribution in [1.82, 2.24) is 9.21 Å². The van der Waals surface area contributed by atoms with Crippen molar-refractivity contribution in [3.63, 3.8) is 0 Å². The number of nitrogen functional groups attached to an aromatic ring is 1. The van der Waals surface area contributed by atoms with Gasteiger partial charge in [0.25, 0.3) is 10.0 Å². The second-order valence-electron chi connectivity index (χ2n) is 4.35. The van der Waals surface area contributed by atoms with E-state index < -0.39 is 10.0 Å². The van der Waals surface area contributed by atoms with Crippen molar-refractivity contribution in [2.45, 2.75) is 17.6 Å². The molecule has 0 aliphatic rings. The highest BCUT2D eigenvalue weighted by molar-refractivity contribution is 7.91. The van der Waals surface area contributed by atoms with Gasteiger partial charge in [-0.25, -0.2) is 8.42 Å². The number of rotatable bonds is 7. The fraction of sp³-hybridized carbons (Fsp3) is 0.636. The van der Waals surface area contributed by atoms with Gasteiger partial charge in [-0.3, -0.25) is 0 Å². The molecule has 0 atom stereocenters. The van der Waals surface area contributed by atoms with Gasteiger partial charge in [0.2, 0.25) is 0 Å². The highest BCUT2D eigenvalue weighted by Crippen LogP contribution is 2.25. The van der Waals surface area contributed by atoms with Crippen molar-refractivity contribution < 1.29 is 8.42 Å². The van der Waals surface area contributed by atoms with Crippen LogP contribution < -0.4 is 5.73 Å². The fourth-order valence-electron chi connectivity index (χ4n) is 1.60. The molecule has 7 heteroatoms. The third-order valence-electron chi connectivity index (χ3n) is 2.56. The summed E-state index contributed by atoms with van der Waals surface area (Å²) >= 11 is 1.17. The van der Waals surface area contributed by atoms with Crippen molar-refractivity contribution in [3.8, 4) is 0 Å². The number of hydrogen-bond acceptors (Lipinski definition) is 5. The Morgan fingerprint density at radius 3 is 2.44 bits per heavy atom. The molecule has 0 bridgehead atoms. The lowest BCUT2D eigenvalue weighted by Crippen LogP contribution is -2.32. The van der Waals surface area contributed by atoms with Crippen LogP contribution in [-0.2, 0) is 10.0 Å². The lowest BCUT2D eigenvalue weighted by Gasteiger charge is -2.20. The van der Waals surface area contributed by atoms with Crippen molar-refractivity contribution in [1.29, 1.82) is 0 Å². The third kappa shape index (κ3) is 3.94. The van der Waals surface area contributed by atoms with Crippen LogP contribution >= 0.6 is 11.3 Å². The Labute approximate surface area is 113 Å². The normalized spacial score (nSPS) is 12.5. The zero-order valence-corrected chi connectivity index (χ0v) is 12.7. The van der Waals surface area contributed by atoms with E-state index in [1.807, 2.05) is 25.9 Å². The minimum atomic E-state index is -3.37. The Bertz CT molecular complexity index is 468. The Morgan fingerprint density at radius 2 is 2.00 bits per heavy atom. The molecule has 1 heterocycles. The van der Waals surface area contributed by atoms with E-state index in [1.165, 1.54) is 21.7 Å². The summed E-state index contributed by atoms with van der Waals surface area (Å²) in [6, 6.07) is 1.52. The zero-order valence-electron chi connectivity index (χ0n) is 11.1. The number of thiophene rings is 1. The molecule has 0 aromatic carbocycles. The van der Waals surface area contributed by atoms with Gasteiger partial charge >= 0.3 is 0 Å². The predicted molar refractivity (Wildman–Crippen MR) is 76.3 cm³/mol. The van der Waals surface area contributed by atoms with Crippen LogP contribution in [0, 0.1) is 0 Å². The van der Waals surface area contributed by atoms with Crippen molar-refractivity contribution in [2.24, 2.45) is 0 Å². The maximum absolute atomic E-state index is 12.3. The molecule has 1 aromatic heterocycles. The van der Waals surface area contributed by atoms with E-state index in [0.29, 0.717) is 23.0 Å². The van der Waals surface area contributed by atoms with Gasteiger partial charge in [0.1, 0.15) is 4.21 Å². The standard InChI is InChI=1S/C11H21N3O2S2/c1-4-14(7-5-6-13(2)3)18(15,16)11-8-10(12)9-17-11/h8-9H,4-7,12H2,1-3H3. The van der Waals surface area contributed by atoms with Gasteiger partial charge in [-0.15, -0.1) is 11.3 Å². The largest absolute Gasteiger partial charge is 0.398 e. The molecule has 0 spiro atoms. The molecule has 18 heavy (non-hydrogen) atoms. The molecule has 0 saturated heterocycles. The van der Waals surface area contributed by atoms with Crippen LogP contribution in [0.15, 0.2) is 15.7 Å². The highest BCUT2D eigenvalue weighted by atomic mass is 32.2. The number of sulfonamides is 1. The van der Waals surface area contributed by atoms with Crippen LogP contribution in [0.3, 0.4) is 0 Å². The fourth-order valence-corrected chi connectivity index (χ4v) is 4.32. The SMILES string of the molecule is CCN(CCCN(C)C)S(=O)(=O)c1cc(N)cs1. The second kappa shape index (κ2) is 6.51. The van der Waals surface area contributed by atoms with Crippen molar-refractivity contribution in [3.05, 3.63) is 11.4 Å². The molecular formula is C11H21N3O2S2. The Morgan fingerprint density at radius 1 is 1.33 bits per heavy atom. The molecule has 0 unspecified atom stereocenters. The molecule has 0 amide bonds. The molecule has 0 aliphatic heterocycles. The zero-order chi connectivity index (χ0) is 13.8. The van der Waals surface area contributed by atoms with Gasteiger partial charge in [-0.05, 0) is 33.1 Å². The first-order chi connectivity index (χ1) is 8.37. The summed E-state index contributed by atoms with van der Waals surface area (Å²) in [7, 11) is 0.579. The summed E-state index contributed by atoms with van der Waals surface area (Å²) in [6.45, 7) is 3.74. The lowest BCUT2D eigenvalue weighted by molar-refractivity contribution is 0.356. The average molecular weight is 291 g/mol. The average Bonchev–Trinajstić information content (AvgIpc) is 2.71. The summed E-state index contributed by atoms with van der Waals surface area (Å²) in [5.74, 6) is 0. The summed E-state index contributed by atoms with van der Waals surface area (Å²) in [6.07, 6.45) is 0.820. The summed E-state index contributed by atoms with van der Waals surface area (Å²) in [5, 5.41) is 1.65. The molecular weight excluding hydrogens is 270 g/mol. The van der Waals surface area contributed by atoms with Crippen LogP contribution in [0.5, 0.6) is 0 Å². The summed E-state index contributed by atoms with van der Waals surface area (Å²) in [5.41, 5.74) is 6.08. The maximum atomic E-state index is 12.3. The molecule has 0 radical (unpaired) electrons. The van der Waals surface area contributed by atoms with Crippen LogP contribution in [-0.4, -0.2) is 51.4 Å². The molecule has 0 fully saturated rings.